The van der Waals surface area contributed by atoms with Gasteiger partial charge in [0, 0.05) is 5.69 Å². The summed E-state index contributed by atoms with van der Waals surface area (Å²) < 4.78 is 0. The molecule has 0 radical (unpaired) electrons. The van der Waals surface area contributed by atoms with Crippen LogP contribution in [0.4, 0.5) is 5.69 Å². The number of hydrogen-bond acceptors (Lipinski definition) is 4. The Morgan fingerprint density at radius 3 is 2.95 bits per heavy atom. The fourth-order valence-electron chi connectivity index (χ4n) is 2.18. The topological polar surface area (TPSA) is 101 Å². The van der Waals surface area contributed by atoms with Crippen LogP contribution in [0.2, 0.25) is 0 Å². The van der Waals surface area contributed by atoms with Crippen molar-refractivity contribution in [3.05, 3.63) is 24.0 Å². The maximum absolute atomic E-state index is 11.1. The summed E-state index contributed by atoms with van der Waals surface area (Å²) >= 11 is 0. The number of fused-ring (bicyclic) bond motifs is 1. The molecule has 2 aromatic rings. The minimum absolute atomic E-state index is 0.249. The van der Waals surface area contributed by atoms with E-state index in [0.717, 1.165) is 36.2 Å². The highest BCUT2D eigenvalue weighted by molar-refractivity contribution is 5.78. The second kappa shape index (κ2) is 6.38. The smallest absolute Gasteiger partial charge is 0.231 e. The maximum atomic E-state index is 11.1. The van der Waals surface area contributed by atoms with Gasteiger partial charge in [-0.05, 0) is 31.2 Å². The van der Waals surface area contributed by atoms with E-state index in [1.54, 1.807) is 0 Å². The number of anilines is 1. The van der Waals surface area contributed by atoms with Crippen LogP contribution in [0.25, 0.3) is 11.0 Å². The number of H-pyrrole nitrogens is 1. The lowest BCUT2D eigenvalue weighted by atomic mass is 10.3. The van der Waals surface area contributed by atoms with Gasteiger partial charge in [-0.1, -0.05) is 13.3 Å². The Hall–Kier alpha value is -2.08. The van der Waals surface area contributed by atoms with E-state index in [2.05, 4.69) is 16.9 Å². The number of unbranched alkanes of at least 4 members (excludes halogenated alkanes) is 1. The highest BCUT2D eigenvalue weighted by Gasteiger charge is 2.11. The zero-order valence-electron chi connectivity index (χ0n) is 11.7. The lowest BCUT2D eigenvalue weighted by Crippen LogP contribution is -2.34. The van der Waals surface area contributed by atoms with Crippen LogP contribution in [0.1, 0.15) is 25.6 Å². The molecule has 6 heteroatoms. The minimum Gasteiger partial charge on any atom is -0.399 e. The predicted molar refractivity (Wildman–Crippen MR) is 79.9 cm³/mol. The molecule has 5 N–H and O–H groups in total. The van der Waals surface area contributed by atoms with Crippen molar-refractivity contribution in [3.63, 3.8) is 0 Å². The van der Waals surface area contributed by atoms with Gasteiger partial charge in [-0.3, -0.25) is 9.69 Å². The Morgan fingerprint density at radius 1 is 1.45 bits per heavy atom. The van der Waals surface area contributed by atoms with E-state index < -0.39 is 0 Å². The van der Waals surface area contributed by atoms with E-state index in [-0.39, 0.29) is 12.5 Å². The number of nitrogens with one attached hydrogen (secondary N) is 1. The number of imidazole rings is 1. The molecule has 0 spiro atoms. The summed E-state index contributed by atoms with van der Waals surface area (Å²) in [5.74, 6) is 0.504. The van der Waals surface area contributed by atoms with E-state index in [1.165, 1.54) is 0 Å². The molecule has 1 heterocycles. The summed E-state index contributed by atoms with van der Waals surface area (Å²) in [6.45, 7) is 3.78. The fraction of sp³-hybridized carbons (Fsp3) is 0.429. The van der Waals surface area contributed by atoms with Gasteiger partial charge in [0.2, 0.25) is 5.91 Å². The number of carbonyl (C=O) groups excluding carboxylic acids is 1. The number of amides is 1. The Morgan fingerprint density at radius 2 is 2.25 bits per heavy atom. The molecule has 0 fully saturated rings. The average molecular weight is 275 g/mol. The highest BCUT2D eigenvalue weighted by Crippen LogP contribution is 2.15. The van der Waals surface area contributed by atoms with Gasteiger partial charge < -0.3 is 16.5 Å². The van der Waals surface area contributed by atoms with Crippen LogP contribution in [0.15, 0.2) is 18.2 Å². The van der Waals surface area contributed by atoms with Crippen molar-refractivity contribution in [2.45, 2.75) is 26.3 Å². The molecule has 0 unspecified atom stereocenters. The molecule has 1 aromatic heterocycles. The van der Waals surface area contributed by atoms with Gasteiger partial charge in [-0.25, -0.2) is 4.98 Å². The summed E-state index contributed by atoms with van der Waals surface area (Å²) in [6.07, 6.45) is 2.10. The number of aromatic amines is 1. The molecule has 2 rings (SSSR count). The van der Waals surface area contributed by atoms with Crippen LogP contribution in [-0.2, 0) is 11.3 Å². The fourth-order valence-corrected chi connectivity index (χ4v) is 2.18. The lowest BCUT2D eigenvalue weighted by Gasteiger charge is -2.18. The largest absolute Gasteiger partial charge is 0.399 e. The van der Waals surface area contributed by atoms with Crippen LogP contribution in [0, 0.1) is 0 Å². The molecule has 1 amide bonds. The van der Waals surface area contributed by atoms with Crippen molar-refractivity contribution < 1.29 is 4.79 Å². The molecule has 0 saturated carbocycles. The third kappa shape index (κ3) is 3.71. The van der Waals surface area contributed by atoms with Crippen molar-refractivity contribution >= 4 is 22.6 Å². The first-order valence-corrected chi connectivity index (χ1v) is 6.83. The molecule has 0 aliphatic rings. The number of nitrogens with two attached hydrogens (primary N) is 2. The molecular weight excluding hydrogens is 254 g/mol. The first kappa shape index (κ1) is 14.3. The van der Waals surface area contributed by atoms with Gasteiger partial charge in [0.15, 0.2) is 0 Å². The highest BCUT2D eigenvalue weighted by atomic mass is 16.1. The maximum Gasteiger partial charge on any atom is 0.231 e. The van der Waals surface area contributed by atoms with E-state index in [0.29, 0.717) is 12.2 Å². The molecule has 6 nitrogen and oxygen atoms in total. The standard InChI is InChI=1S/C14H21N5O/c1-2-3-6-19(8-13(16)20)9-14-17-11-5-4-10(15)7-12(11)18-14/h4-5,7H,2-3,6,8-9,15H2,1H3,(H2,16,20)(H,17,18). The molecule has 0 atom stereocenters. The van der Waals surface area contributed by atoms with E-state index in [4.69, 9.17) is 11.5 Å². The molecule has 0 saturated heterocycles. The monoisotopic (exact) mass is 275 g/mol. The Bertz CT molecular complexity index is 592. The molecular formula is C14H21N5O. The molecule has 20 heavy (non-hydrogen) atoms. The zero-order valence-corrected chi connectivity index (χ0v) is 11.7. The van der Waals surface area contributed by atoms with Crippen molar-refractivity contribution in [2.24, 2.45) is 5.73 Å². The van der Waals surface area contributed by atoms with Gasteiger partial charge in [0.25, 0.3) is 0 Å². The number of carbonyl (C=O) groups is 1. The van der Waals surface area contributed by atoms with Crippen molar-refractivity contribution in [1.29, 1.82) is 0 Å². The number of rotatable bonds is 7. The summed E-state index contributed by atoms with van der Waals surface area (Å²) in [5.41, 5.74) is 13.5. The third-order valence-electron chi connectivity index (χ3n) is 3.14. The molecule has 0 aliphatic carbocycles. The predicted octanol–water partition coefficient (Wildman–Crippen LogP) is 1.23. The van der Waals surface area contributed by atoms with Gasteiger partial charge in [-0.2, -0.15) is 0 Å². The third-order valence-corrected chi connectivity index (χ3v) is 3.14. The molecule has 1 aromatic carbocycles. The Kier molecular flexibility index (Phi) is 4.57. The number of benzene rings is 1. The quantitative estimate of drug-likeness (QED) is 0.661. The summed E-state index contributed by atoms with van der Waals surface area (Å²) in [5, 5.41) is 0. The summed E-state index contributed by atoms with van der Waals surface area (Å²) in [6, 6.07) is 5.57. The minimum atomic E-state index is -0.318. The Labute approximate surface area is 118 Å². The zero-order chi connectivity index (χ0) is 14.5. The van der Waals surface area contributed by atoms with Crippen LogP contribution >= 0.6 is 0 Å². The van der Waals surface area contributed by atoms with Gasteiger partial charge in [0.1, 0.15) is 5.82 Å². The molecule has 108 valence electrons. The van der Waals surface area contributed by atoms with Crippen molar-refractivity contribution in [3.8, 4) is 0 Å². The first-order chi connectivity index (χ1) is 9.58. The molecule has 0 bridgehead atoms. The van der Waals surface area contributed by atoms with E-state index in [9.17, 15) is 4.79 Å². The van der Waals surface area contributed by atoms with Crippen LogP contribution in [0.5, 0.6) is 0 Å². The van der Waals surface area contributed by atoms with Crippen LogP contribution < -0.4 is 11.5 Å². The second-order valence-electron chi connectivity index (χ2n) is 4.99. The van der Waals surface area contributed by atoms with Crippen LogP contribution in [-0.4, -0.2) is 33.9 Å². The Balaban J connectivity index is 2.12. The number of hydrogen-bond donors (Lipinski definition) is 3. The number of nitrogen functional groups attached to an aromatic ring is 1. The van der Waals surface area contributed by atoms with E-state index >= 15 is 0 Å². The average Bonchev–Trinajstić information content (AvgIpc) is 2.76. The number of aromatic nitrogens is 2. The normalized spacial score (nSPS) is 11.3. The van der Waals surface area contributed by atoms with Gasteiger partial charge in [0.05, 0.1) is 24.1 Å². The SMILES string of the molecule is CCCCN(CC(N)=O)Cc1nc2ccc(N)cc2[nH]1. The number of nitrogens with zero attached hydrogens (tertiary/aromatic N) is 2. The van der Waals surface area contributed by atoms with E-state index in [1.807, 2.05) is 23.1 Å². The van der Waals surface area contributed by atoms with Crippen molar-refractivity contribution in [2.75, 3.05) is 18.8 Å². The number of primary amides is 1. The van der Waals surface area contributed by atoms with Crippen LogP contribution in [0.3, 0.4) is 0 Å². The van der Waals surface area contributed by atoms with Gasteiger partial charge >= 0.3 is 0 Å². The second-order valence-corrected chi connectivity index (χ2v) is 4.99. The molecule has 0 aliphatic heterocycles. The van der Waals surface area contributed by atoms with Gasteiger partial charge in [-0.15, -0.1) is 0 Å². The summed E-state index contributed by atoms with van der Waals surface area (Å²) in [4.78, 5) is 20.9. The lowest BCUT2D eigenvalue weighted by molar-refractivity contribution is -0.119. The summed E-state index contributed by atoms with van der Waals surface area (Å²) in [7, 11) is 0. The van der Waals surface area contributed by atoms with Crippen molar-refractivity contribution in [1.82, 2.24) is 14.9 Å². The first-order valence-electron chi connectivity index (χ1n) is 6.83.